The average molecular weight is 339 g/mol. The van der Waals surface area contributed by atoms with E-state index in [9.17, 15) is 21.6 Å². The van der Waals surface area contributed by atoms with E-state index in [0.29, 0.717) is 0 Å². The van der Waals surface area contributed by atoms with E-state index in [-0.39, 0.29) is 30.9 Å². The second-order valence-corrected chi connectivity index (χ2v) is 8.18. The Bertz CT molecular complexity index is 692. The van der Waals surface area contributed by atoms with Crippen LogP contribution in [0.15, 0.2) is 11.2 Å². The van der Waals surface area contributed by atoms with Crippen LogP contribution in [-0.4, -0.2) is 58.2 Å². The molecule has 2 N–H and O–H groups in total. The molecule has 0 aromatic carbocycles. The number of hydrogen-bond donors (Lipinski definition) is 2. The summed E-state index contributed by atoms with van der Waals surface area (Å²) < 4.78 is 52.8. The Labute approximate surface area is 123 Å². The zero-order chi connectivity index (χ0) is 16.1. The predicted octanol–water partition coefficient (Wildman–Crippen LogP) is -0.701. The van der Waals surface area contributed by atoms with Crippen LogP contribution in [0.2, 0.25) is 0 Å². The number of nitrogens with zero attached hydrogens (tertiary/aromatic N) is 1. The van der Waals surface area contributed by atoms with Crippen molar-refractivity contribution in [3.05, 3.63) is 11.8 Å². The summed E-state index contributed by atoms with van der Waals surface area (Å²) in [7, 11) is -7.15. The fraction of sp³-hybridized carbons (Fsp3) is 0.600. The Morgan fingerprint density at radius 3 is 2.62 bits per heavy atom. The third-order valence-corrected chi connectivity index (χ3v) is 4.82. The summed E-state index contributed by atoms with van der Waals surface area (Å²) in [5.74, 6) is -0.939. The summed E-state index contributed by atoms with van der Waals surface area (Å²) >= 11 is 0. The van der Waals surface area contributed by atoms with Gasteiger partial charge in [0.15, 0.2) is 5.03 Å². The second kappa shape index (κ2) is 7.00. The highest BCUT2D eigenvalue weighted by Crippen LogP contribution is 2.13. The summed E-state index contributed by atoms with van der Waals surface area (Å²) in [6.07, 6.45) is 2.25. The number of carbonyl (C=O) groups is 1. The summed E-state index contributed by atoms with van der Waals surface area (Å²) in [6.45, 7) is 1.62. The first-order valence-electron chi connectivity index (χ1n) is 6.05. The summed E-state index contributed by atoms with van der Waals surface area (Å²) in [6, 6.07) is 0. The molecule has 9 nitrogen and oxygen atoms in total. The van der Waals surface area contributed by atoms with Crippen molar-refractivity contribution in [2.24, 2.45) is 0 Å². The summed E-state index contributed by atoms with van der Waals surface area (Å²) in [5, 5.41) is 5.34. The number of esters is 1. The number of sulfone groups is 1. The third-order valence-electron chi connectivity index (χ3n) is 2.35. The van der Waals surface area contributed by atoms with Crippen molar-refractivity contribution in [2.45, 2.75) is 18.4 Å². The molecule has 0 atom stereocenters. The maximum Gasteiger partial charge on any atom is 0.342 e. The van der Waals surface area contributed by atoms with E-state index >= 15 is 0 Å². The number of aromatic amines is 1. The highest BCUT2D eigenvalue weighted by atomic mass is 32.2. The minimum Gasteiger partial charge on any atom is -0.462 e. The third kappa shape index (κ3) is 5.44. The number of sulfonamides is 1. The number of aromatic nitrogens is 2. The minimum atomic E-state index is -3.99. The van der Waals surface area contributed by atoms with Gasteiger partial charge in [0.05, 0.1) is 18.6 Å². The fourth-order valence-electron chi connectivity index (χ4n) is 1.45. The molecule has 0 unspecified atom stereocenters. The standard InChI is InChI=1S/C10H17N3O6S2/c1-3-19-10(14)8-7-11-13-9(8)21(17,18)12-5-4-6-20(2,15)16/h7,12H,3-6H2,1-2H3,(H,11,13). The molecular weight excluding hydrogens is 322 g/mol. The van der Waals surface area contributed by atoms with Gasteiger partial charge in [-0.05, 0) is 13.3 Å². The van der Waals surface area contributed by atoms with Crippen LogP contribution in [0.25, 0.3) is 0 Å². The number of ether oxygens (including phenoxy) is 1. The highest BCUT2D eigenvalue weighted by molar-refractivity contribution is 7.90. The molecule has 0 saturated heterocycles. The van der Waals surface area contributed by atoms with E-state index in [0.717, 1.165) is 12.5 Å². The minimum absolute atomic E-state index is 0.0727. The first-order chi connectivity index (χ1) is 9.67. The molecule has 0 radical (unpaired) electrons. The zero-order valence-electron chi connectivity index (χ0n) is 11.6. The highest BCUT2D eigenvalue weighted by Gasteiger charge is 2.25. The molecule has 0 aliphatic carbocycles. The molecular formula is C10H17N3O6S2. The molecule has 0 bridgehead atoms. The molecule has 0 aliphatic heterocycles. The Balaban J connectivity index is 2.75. The van der Waals surface area contributed by atoms with Gasteiger partial charge in [0.25, 0.3) is 10.0 Å². The van der Waals surface area contributed by atoms with Gasteiger partial charge < -0.3 is 4.74 Å². The molecule has 0 spiro atoms. The number of hydrogen-bond acceptors (Lipinski definition) is 7. The van der Waals surface area contributed by atoms with Gasteiger partial charge in [-0.15, -0.1) is 0 Å². The fourth-order valence-corrected chi connectivity index (χ4v) is 3.27. The van der Waals surface area contributed by atoms with E-state index in [1.165, 1.54) is 0 Å². The van der Waals surface area contributed by atoms with Crippen LogP contribution >= 0.6 is 0 Å². The number of H-pyrrole nitrogens is 1. The maximum atomic E-state index is 12.0. The average Bonchev–Trinajstić information content (AvgIpc) is 2.84. The molecule has 0 fully saturated rings. The second-order valence-electron chi connectivity index (χ2n) is 4.21. The molecule has 1 rings (SSSR count). The molecule has 0 saturated carbocycles. The molecule has 1 aromatic rings. The van der Waals surface area contributed by atoms with Crippen LogP contribution in [0.1, 0.15) is 23.7 Å². The predicted molar refractivity (Wildman–Crippen MR) is 74.1 cm³/mol. The number of rotatable bonds is 8. The molecule has 21 heavy (non-hydrogen) atoms. The molecule has 11 heteroatoms. The lowest BCUT2D eigenvalue weighted by atomic mass is 10.4. The lowest BCUT2D eigenvalue weighted by Gasteiger charge is -2.06. The van der Waals surface area contributed by atoms with Gasteiger partial charge in [-0.25, -0.2) is 26.4 Å². The Morgan fingerprint density at radius 1 is 1.38 bits per heavy atom. The summed E-state index contributed by atoms with van der Waals surface area (Å²) in [4.78, 5) is 11.6. The zero-order valence-corrected chi connectivity index (χ0v) is 13.3. The number of nitrogens with one attached hydrogen (secondary N) is 2. The van der Waals surface area contributed by atoms with Crippen LogP contribution in [0.5, 0.6) is 0 Å². The first-order valence-corrected chi connectivity index (χ1v) is 9.59. The van der Waals surface area contributed by atoms with E-state index in [4.69, 9.17) is 4.74 Å². The quantitative estimate of drug-likeness (QED) is 0.472. The van der Waals surface area contributed by atoms with Crippen LogP contribution in [0.4, 0.5) is 0 Å². The Morgan fingerprint density at radius 2 is 2.05 bits per heavy atom. The monoisotopic (exact) mass is 339 g/mol. The van der Waals surface area contributed by atoms with Crippen LogP contribution in [0, 0.1) is 0 Å². The van der Waals surface area contributed by atoms with Gasteiger partial charge in [-0.2, -0.15) is 5.10 Å². The van der Waals surface area contributed by atoms with Crippen molar-refractivity contribution in [3.63, 3.8) is 0 Å². The van der Waals surface area contributed by atoms with Crippen molar-refractivity contribution in [1.82, 2.24) is 14.9 Å². The van der Waals surface area contributed by atoms with E-state index < -0.39 is 30.9 Å². The maximum absolute atomic E-state index is 12.0. The van der Waals surface area contributed by atoms with Gasteiger partial charge in [0.2, 0.25) is 0 Å². The lowest BCUT2D eigenvalue weighted by molar-refractivity contribution is 0.0522. The Kier molecular flexibility index (Phi) is 5.87. The molecule has 0 aliphatic rings. The van der Waals surface area contributed by atoms with E-state index in [1.54, 1.807) is 6.92 Å². The van der Waals surface area contributed by atoms with Crippen molar-refractivity contribution in [1.29, 1.82) is 0 Å². The number of carbonyl (C=O) groups excluding carboxylic acids is 1. The van der Waals surface area contributed by atoms with Crippen LogP contribution in [0.3, 0.4) is 0 Å². The van der Waals surface area contributed by atoms with Gasteiger partial charge in [0.1, 0.15) is 15.4 Å². The largest absolute Gasteiger partial charge is 0.462 e. The molecule has 1 heterocycles. The van der Waals surface area contributed by atoms with Gasteiger partial charge in [0, 0.05) is 12.8 Å². The summed E-state index contributed by atoms with van der Waals surface area (Å²) in [5.41, 5.74) is -0.201. The topological polar surface area (TPSA) is 135 Å². The van der Waals surface area contributed by atoms with Crippen molar-refractivity contribution in [2.75, 3.05) is 25.2 Å². The smallest absolute Gasteiger partial charge is 0.342 e. The lowest BCUT2D eigenvalue weighted by Crippen LogP contribution is -2.28. The van der Waals surface area contributed by atoms with Gasteiger partial charge in [-0.1, -0.05) is 0 Å². The van der Waals surface area contributed by atoms with Crippen molar-refractivity contribution >= 4 is 25.8 Å². The molecule has 1 aromatic heterocycles. The van der Waals surface area contributed by atoms with E-state index in [1.807, 2.05) is 0 Å². The van der Waals surface area contributed by atoms with E-state index in [2.05, 4.69) is 14.9 Å². The van der Waals surface area contributed by atoms with Gasteiger partial charge in [-0.3, -0.25) is 5.10 Å². The Hall–Kier alpha value is -1.46. The first kappa shape index (κ1) is 17.6. The normalized spacial score (nSPS) is 12.3. The van der Waals surface area contributed by atoms with Crippen LogP contribution in [-0.2, 0) is 24.6 Å². The van der Waals surface area contributed by atoms with Gasteiger partial charge >= 0.3 is 5.97 Å². The van der Waals surface area contributed by atoms with Crippen LogP contribution < -0.4 is 4.72 Å². The SMILES string of the molecule is CCOC(=O)c1cn[nH]c1S(=O)(=O)NCCCS(C)(=O)=O. The molecule has 120 valence electrons. The molecule has 0 amide bonds. The van der Waals surface area contributed by atoms with Crippen molar-refractivity contribution in [3.8, 4) is 0 Å². The van der Waals surface area contributed by atoms with Crippen molar-refractivity contribution < 1.29 is 26.4 Å².